The monoisotopic (exact) mass is 302 g/mol. The largest absolute Gasteiger partial charge is 0.449 e. The van der Waals surface area contributed by atoms with Crippen LogP contribution in [0.1, 0.15) is 13.3 Å². The second-order valence-corrected chi connectivity index (χ2v) is 5.01. The van der Waals surface area contributed by atoms with E-state index in [2.05, 4.69) is 10.4 Å². The number of rotatable bonds is 3. The average molecular weight is 302 g/mol. The van der Waals surface area contributed by atoms with Crippen LogP contribution in [0.2, 0.25) is 0 Å². The Hall–Kier alpha value is -2.54. The Morgan fingerprint density at radius 1 is 1.41 bits per heavy atom. The quantitative estimate of drug-likeness (QED) is 0.901. The van der Waals surface area contributed by atoms with Crippen LogP contribution in [-0.4, -0.2) is 40.3 Å². The van der Waals surface area contributed by atoms with E-state index in [1.165, 1.54) is 0 Å². The van der Waals surface area contributed by atoms with E-state index < -0.39 is 6.09 Å². The molecule has 2 N–H and O–H groups in total. The van der Waals surface area contributed by atoms with Gasteiger partial charge in [0.15, 0.2) is 0 Å². The van der Waals surface area contributed by atoms with Crippen molar-refractivity contribution < 1.29 is 9.53 Å². The van der Waals surface area contributed by atoms with Crippen LogP contribution in [-0.2, 0) is 4.74 Å². The molecule has 2 heterocycles. The maximum atomic E-state index is 12.1. The standard InChI is InChI=1S/C15H18N4O3/c1-2-22-15(21)17-18-9-7-11(8-10-18)19-13-6-4-3-5-12(13)16-14(19)20/h3-7H,2,8-10H2,1H3,(H,16,20)(H,17,21). The fourth-order valence-corrected chi connectivity index (χ4v) is 2.60. The summed E-state index contributed by atoms with van der Waals surface area (Å²) in [6.07, 6.45) is 2.15. The molecule has 2 aromatic rings. The normalized spacial score (nSPS) is 15.6. The Morgan fingerprint density at radius 2 is 2.23 bits per heavy atom. The fourth-order valence-electron chi connectivity index (χ4n) is 2.60. The molecule has 0 aliphatic carbocycles. The first-order chi connectivity index (χ1) is 10.7. The van der Waals surface area contributed by atoms with E-state index >= 15 is 0 Å². The summed E-state index contributed by atoms with van der Waals surface area (Å²) in [6.45, 7) is 3.25. The van der Waals surface area contributed by atoms with Gasteiger partial charge in [0.2, 0.25) is 0 Å². The fraction of sp³-hybridized carbons (Fsp3) is 0.333. The minimum absolute atomic E-state index is 0.140. The molecule has 0 spiro atoms. The van der Waals surface area contributed by atoms with Crippen LogP contribution in [0.5, 0.6) is 0 Å². The van der Waals surface area contributed by atoms with E-state index in [-0.39, 0.29) is 5.69 Å². The first-order valence-electron chi connectivity index (χ1n) is 7.26. The van der Waals surface area contributed by atoms with Crippen LogP contribution in [0.4, 0.5) is 4.79 Å². The van der Waals surface area contributed by atoms with Gasteiger partial charge in [0.25, 0.3) is 0 Å². The van der Waals surface area contributed by atoms with E-state index in [1.807, 2.05) is 30.3 Å². The van der Waals surface area contributed by atoms with Crippen molar-refractivity contribution in [3.8, 4) is 0 Å². The molecule has 0 saturated heterocycles. The predicted octanol–water partition coefficient (Wildman–Crippen LogP) is 1.54. The summed E-state index contributed by atoms with van der Waals surface area (Å²) in [5.74, 6) is 0. The second kappa shape index (κ2) is 6.07. The number of hydrogen-bond acceptors (Lipinski definition) is 4. The van der Waals surface area contributed by atoms with Gasteiger partial charge in [-0.2, -0.15) is 0 Å². The number of amides is 1. The van der Waals surface area contributed by atoms with Crippen molar-refractivity contribution in [2.45, 2.75) is 13.3 Å². The molecule has 1 aromatic carbocycles. The minimum Gasteiger partial charge on any atom is -0.449 e. The zero-order valence-corrected chi connectivity index (χ0v) is 12.3. The SMILES string of the molecule is CCOC(=O)NN1CC=C(n2c(=O)[nH]c3ccccc32)CC1. The lowest BCUT2D eigenvalue weighted by Gasteiger charge is -2.26. The first kappa shape index (κ1) is 14.4. The molecule has 0 saturated carbocycles. The van der Waals surface area contributed by atoms with Crippen molar-refractivity contribution in [1.82, 2.24) is 20.0 Å². The van der Waals surface area contributed by atoms with Crippen LogP contribution >= 0.6 is 0 Å². The minimum atomic E-state index is -0.455. The Labute approximate surface area is 127 Å². The third-order valence-corrected chi connectivity index (χ3v) is 3.59. The van der Waals surface area contributed by atoms with Gasteiger partial charge in [0, 0.05) is 25.2 Å². The second-order valence-electron chi connectivity index (χ2n) is 5.01. The number of ether oxygens (including phenoxy) is 1. The molecule has 0 atom stereocenters. The molecule has 1 aliphatic rings. The summed E-state index contributed by atoms with van der Waals surface area (Å²) >= 11 is 0. The van der Waals surface area contributed by atoms with Gasteiger partial charge in [-0.1, -0.05) is 12.1 Å². The van der Waals surface area contributed by atoms with Gasteiger partial charge in [0.05, 0.1) is 17.6 Å². The molecule has 3 rings (SSSR count). The summed E-state index contributed by atoms with van der Waals surface area (Å²) in [5.41, 5.74) is 5.15. The molecule has 1 amide bonds. The number of imidazole rings is 1. The molecule has 1 aliphatic heterocycles. The number of nitrogens with one attached hydrogen (secondary N) is 2. The number of para-hydroxylation sites is 2. The summed E-state index contributed by atoms with van der Waals surface area (Å²) in [7, 11) is 0. The molecule has 22 heavy (non-hydrogen) atoms. The summed E-state index contributed by atoms with van der Waals surface area (Å²) < 4.78 is 6.54. The molecule has 0 unspecified atom stereocenters. The molecule has 1 aromatic heterocycles. The Morgan fingerprint density at radius 3 is 2.95 bits per heavy atom. The van der Waals surface area contributed by atoms with Gasteiger partial charge >= 0.3 is 11.8 Å². The molecule has 116 valence electrons. The summed E-state index contributed by atoms with van der Waals surface area (Å²) in [5, 5.41) is 1.77. The Balaban J connectivity index is 1.79. The van der Waals surface area contributed by atoms with Crippen molar-refractivity contribution in [2.24, 2.45) is 0 Å². The van der Waals surface area contributed by atoms with Crippen molar-refractivity contribution in [2.75, 3.05) is 19.7 Å². The average Bonchev–Trinajstić information content (AvgIpc) is 2.84. The van der Waals surface area contributed by atoms with Gasteiger partial charge in [0.1, 0.15) is 0 Å². The highest BCUT2D eigenvalue weighted by Gasteiger charge is 2.18. The number of hydrogen-bond donors (Lipinski definition) is 2. The van der Waals surface area contributed by atoms with Gasteiger partial charge in [-0.05, 0) is 25.1 Å². The first-order valence-corrected chi connectivity index (χ1v) is 7.26. The maximum absolute atomic E-state index is 12.1. The van der Waals surface area contributed by atoms with Gasteiger partial charge in [-0.15, -0.1) is 0 Å². The Bertz CT molecular complexity index is 774. The van der Waals surface area contributed by atoms with Gasteiger partial charge in [-0.25, -0.2) is 14.6 Å². The van der Waals surface area contributed by atoms with E-state index in [0.29, 0.717) is 26.1 Å². The number of benzene rings is 1. The van der Waals surface area contributed by atoms with Crippen LogP contribution in [0.15, 0.2) is 35.1 Å². The molecule has 0 fully saturated rings. The maximum Gasteiger partial charge on any atom is 0.421 e. The highest BCUT2D eigenvalue weighted by molar-refractivity contribution is 5.79. The topological polar surface area (TPSA) is 79.4 Å². The van der Waals surface area contributed by atoms with E-state index in [1.54, 1.807) is 16.5 Å². The van der Waals surface area contributed by atoms with E-state index in [4.69, 9.17) is 4.74 Å². The lowest BCUT2D eigenvalue weighted by atomic mass is 10.2. The van der Waals surface area contributed by atoms with E-state index in [0.717, 1.165) is 16.7 Å². The molecular weight excluding hydrogens is 284 g/mol. The number of nitrogens with zero attached hydrogens (tertiary/aromatic N) is 2. The number of H-pyrrole nitrogens is 1. The van der Waals surface area contributed by atoms with Crippen molar-refractivity contribution in [3.05, 3.63) is 40.8 Å². The Kier molecular flexibility index (Phi) is 3.97. The summed E-state index contributed by atoms with van der Waals surface area (Å²) in [6, 6.07) is 7.59. The van der Waals surface area contributed by atoms with Gasteiger partial charge in [-0.3, -0.25) is 9.99 Å². The molecule has 7 heteroatoms. The van der Waals surface area contributed by atoms with Crippen LogP contribution in [0, 0.1) is 0 Å². The van der Waals surface area contributed by atoms with Gasteiger partial charge < -0.3 is 9.72 Å². The van der Waals surface area contributed by atoms with Crippen molar-refractivity contribution >= 4 is 22.8 Å². The lowest BCUT2D eigenvalue weighted by Crippen LogP contribution is -2.45. The number of carbonyl (C=O) groups excluding carboxylic acids is 1. The number of carbonyl (C=O) groups is 1. The van der Waals surface area contributed by atoms with Crippen molar-refractivity contribution in [3.63, 3.8) is 0 Å². The van der Waals surface area contributed by atoms with Crippen LogP contribution in [0.25, 0.3) is 16.7 Å². The molecular formula is C15H18N4O3. The third kappa shape index (κ3) is 2.75. The van der Waals surface area contributed by atoms with Crippen LogP contribution in [0.3, 0.4) is 0 Å². The number of fused-ring (bicyclic) bond motifs is 1. The zero-order valence-electron chi connectivity index (χ0n) is 12.3. The number of aromatic amines is 1. The lowest BCUT2D eigenvalue weighted by molar-refractivity contribution is 0.113. The zero-order chi connectivity index (χ0) is 15.5. The number of aromatic nitrogens is 2. The highest BCUT2D eigenvalue weighted by Crippen LogP contribution is 2.19. The molecule has 7 nitrogen and oxygen atoms in total. The smallest absolute Gasteiger partial charge is 0.421 e. The summed E-state index contributed by atoms with van der Waals surface area (Å²) in [4.78, 5) is 26.4. The molecule has 0 radical (unpaired) electrons. The van der Waals surface area contributed by atoms with Crippen LogP contribution < -0.4 is 11.1 Å². The predicted molar refractivity (Wildman–Crippen MR) is 83.2 cm³/mol. The third-order valence-electron chi connectivity index (χ3n) is 3.59. The number of hydrazine groups is 1. The van der Waals surface area contributed by atoms with E-state index in [9.17, 15) is 9.59 Å². The highest BCUT2D eigenvalue weighted by atomic mass is 16.6. The van der Waals surface area contributed by atoms with Crippen molar-refractivity contribution in [1.29, 1.82) is 0 Å². The molecule has 0 bridgehead atoms.